The summed E-state index contributed by atoms with van der Waals surface area (Å²) in [6, 6.07) is 7.67. The van der Waals surface area contributed by atoms with Gasteiger partial charge in [-0.05, 0) is 38.0 Å². The number of rotatable bonds is 6. The van der Waals surface area contributed by atoms with Gasteiger partial charge >= 0.3 is 0 Å². The van der Waals surface area contributed by atoms with E-state index >= 15 is 0 Å². The predicted molar refractivity (Wildman–Crippen MR) is 84.4 cm³/mol. The van der Waals surface area contributed by atoms with Gasteiger partial charge in [0.1, 0.15) is 0 Å². The molecule has 1 aromatic carbocycles. The summed E-state index contributed by atoms with van der Waals surface area (Å²) in [4.78, 5) is 11.9. The van der Waals surface area contributed by atoms with Crippen molar-refractivity contribution in [2.45, 2.75) is 25.8 Å². The third kappa shape index (κ3) is 4.99. The third-order valence-electron chi connectivity index (χ3n) is 3.87. The van der Waals surface area contributed by atoms with Gasteiger partial charge in [0.15, 0.2) is 0 Å². The van der Waals surface area contributed by atoms with Gasteiger partial charge in [0.2, 0.25) is 5.91 Å². The average Bonchev–Trinajstić information content (AvgIpc) is 2.97. The van der Waals surface area contributed by atoms with E-state index < -0.39 is 0 Å². The number of hydrogen-bond donors (Lipinski definition) is 2. The number of carbonyl (C=O) groups excluding carboxylic acids is 1. The molecule has 0 radical (unpaired) electrons. The van der Waals surface area contributed by atoms with Crippen molar-refractivity contribution in [1.29, 1.82) is 0 Å². The lowest BCUT2D eigenvalue weighted by Gasteiger charge is -2.27. The molecule has 5 heteroatoms. The van der Waals surface area contributed by atoms with Crippen molar-refractivity contribution in [2.75, 3.05) is 26.3 Å². The molecule has 0 spiro atoms. The Hall–Kier alpha value is -1.10. The van der Waals surface area contributed by atoms with E-state index in [0.29, 0.717) is 24.0 Å². The largest absolute Gasteiger partial charge is 0.381 e. The highest BCUT2D eigenvalue weighted by Crippen LogP contribution is 2.21. The minimum absolute atomic E-state index is 0.0175. The summed E-state index contributed by atoms with van der Waals surface area (Å²) in [7, 11) is 0. The van der Waals surface area contributed by atoms with E-state index in [2.05, 4.69) is 10.6 Å². The molecule has 2 N–H and O–H groups in total. The fourth-order valence-corrected chi connectivity index (χ4v) is 2.46. The molecule has 21 heavy (non-hydrogen) atoms. The first-order valence-corrected chi connectivity index (χ1v) is 7.71. The van der Waals surface area contributed by atoms with Crippen LogP contribution >= 0.6 is 11.6 Å². The second-order valence-electron chi connectivity index (χ2n) is 6.02. The Morgan fingerprint density at radius 2 is 2.10 bits per heavy atom. The van der Waals surface area contributed by atoms with Gasteiger partial charge < -0.3 is 10.1 Å². The number of ether oxygens (including phenoxy) is 1. The van der Waals surface area contributed by atoms with E-state index in [9.17, 15) is 4.79 Å². The molecule has 1 aliphatic rings. The monoisotopic (exact) mass is 310 g/mol. The zero-order chi connectivity index (χ0) is 15.3. The molecule has 1 heterocycles. The SMILES string of the molecule is CC(C)(NCC(=O)NCC1CCOC1)c1ccc(Cl)cc1. The minimum atomic E-state index is -0.279. The van der Waals surface area contributed by atoms with Crippen LogP contribution in [0.25, 0.3) is 0 Å². The number of benzene rings is 1. The van der Waals surface area contributed by atoms with E-state index in [-0.39, 0.29) is 11.4 Å². The molecule has 1 aromatic rings. The van der Waals surface area contributed by atoms with Crippen molar-refractivity contribution >= 4 is 17.5 Å². The van der Waals surface area contributed by atoms with Crippen LogP contribution in [0.4, 0.5) is 0 Å². The van der Waals surface area contributed by atoms with Crippen molar-refractivity contribution < 1.29 is 9.53 Å². The quantitative estimate of drug-likeness (QED) is 0.848. The lowest BCUT2D eigenvalue weighted by atomic mass is 9.94. The molecule has 4 nitrogen and oxygen atoms in total. The van der Waals surface area contributed by atoms with Crippen LogP contribution in [-0.2, 0) is 15.1 Å². The molecule has 1 atom stereocenters. The molecule has 1 unspecified atom stereocenters. The summed E-state index contributed by atoms with van der Waals surface area (Å²) in [5.41, 5.74) is 0.821. The lowest BCUT2D eigenvalue weighted by Crippen LogP contribution is -2.44. The Morgan fingerprint density at radius 3 is 2.71 bits per heavy atom. The van der Waals surface area contributed by atoms with Gasteiger partial charge in [0.25, 0.3) is 0 Å². The molecule has 0 bridgehead atoms. The van der Waals surface area contributed by atoms with Crippen molar-refractivity contribution in [3.8, 4) is 0 Å². The molecule has 1 amide bonds. The highest BCUT2D eigenvalue weighted by molar-refractivity contribution is 6.30. The summed E-state index contributed by atoms with van der Waals surface area (Å²) < 4.78 is 5.29. The Bertz CT molecular complexity index is 468. The van der Waals surface area contributed by atoms with Crippen LogP contribution in [0.2, 0.25) is 5.02 Å². The van der Waals surface area contributed by atoms with E-state index in [4.69, 9.17) is 16.3 Å². The topological polar surface area (TPSA) is 50.4 Å². The van der Waals surface area contributed by atoms with Gasteiger partial charge in [0.05, 0.1) is 13.2 Å². The fourth-order valence-electron chi connectivity index (χ4n) is 2.33. The number of carbonyl (C=O) groups is 1. The number of nitrogens with one attached hydrogen (secondary N) is 2. The maximum absolute atomic E-state index is 11.9. The van der Waals surface area contributed by atoms with Crippen molar-refractivity contribution in [3.05, 3.63) is 34.9 Å². The standard InChI is InChI=1S/C16H23ClN2O2/c1-16(2,13-3-5-14(17)6-4-13)19-10-15(20)18-9-12-7-8-21-11-12/h3-6,12,19H,7-11H2,1-2H3,(H,18,20). The van der Waals surface area contributed by atoms with Crippen molar-refractivity contribution in [3.63, 3.8) is 0 Å². The Labute approximate surface area is 131 Å². The van der Waals surface area contributed by atoms with Gasteiger partial charge in [-0.3, -0.25) is 10.1 Å². The van der Waals surface area contributed by atoms with Crippen LogP contribution in [0, 0.1) is 5.92 Å². The minimum Gasteiger partial charge on any atom is -0.381 e. The molecule has 0 aromatic heterocycles. The Kier molecular flexibility index (Phi) is 5.62. The summed E-state index contributed by atoms with van der Waals surface area (Å²) >= 11 is 5.90. The number of amides is 1. The summed E-state index contributed by atoms with van der Waals surface area (Å²) in [6.45, 7) is 6.65. The van der Waals surface area contributed by atoms with Gasteiger partial charge in [-0.1, -0.05) is 23.7 Å². The van der Waals surface area contributed by atoms with Crippen LogP contribution < -0.4 is 10.6 Å². The van der Waals surface area contributed by atoms with Crippen LogP contribution in [0.15, 0.2) is 24.3 Å². The van der Waals surface area contributed by atoms with Crippen LogP contribution in [0.1, 0.15) is 25.8 Å². The first-order chi connectivity index (χ1) is 9.97. The molecule has 116 valence electrons. The number of halogens is 1. The van der Waals surface area contributed by atoms with Gasteiger partial charge in [-0.15, -0.1) is 0 Å². The van der Waals surface area contributed by atoms with Gasteiger partial charge in [0, 0.05) is 29.6 Å². The second kappa shape index (κ2) is 7.25. The zero-order valence-corrected chi connectivity index (χ0v) is 13.4. The first kappa shape index (κ1) is 16.3. The predicted octanol–water partition coefficient (Wildman–Crippen LogP) is 2.32. The molecule has 0 aliphatic carbocycles. The van der Waals surface area contributed by atoms with Gasteiger partial charge in [-0.2, -0.15) is 0 Å². The van der Waals surface area contributed by atoms with E-state index in [1.54, 1.807) is 0 Å². The Morgan fingerprint density at radius 1 is 1.38 bits per heavy atom. The maximum Gasteiger partial charge on any atom is 0.233 e. The van der Waals surface area contributed by atoms with E-state index in [1.807, 2.05) is 38.1 Å². The third-order valence-corrected chi connectivity index (χ3v) is 4.12. The van der Waals surface area contributed by atoms with Crippen molar-refractivity contribution in [2.24, 2.45) is 5.92 Å². The summed E-state index contributed by atoms with van der Waals surface area (Å²) in [6.07, 6.45) is 1.03. The second-order valence-corrected chi connectivity index (χ2v) is 6.46. The smallest absolute Gasteiger partial charge is 0.233 e. The highest BCUT2D eigenvalue weighted by atomic mass is 35.5. The lowest BCUT2D eigenvalue weighted by molar-refractivity contribution is -0.120. The molecule has 1 fully saturated rings. The van der Waals surface area contributed by atoms with Crippen LogP contribution in [0.3, 0.4) is 0 Å². The van der Waals surface area contributed by atoms with Gasteiger partial charge in [-0.25, -0.2) is 0 Å². The summed E-state index contributed by atoms with van der Waals surface area (Å²) in [5.74, 6) is 0.474. The molecular weight excluding hydrogens is 288 g/mol. The van der Waals surface area contributed by atoms with Crippen LogP contribution in [0.5, 0.6) is 0 Å². The summed E-state index contributed by atoms with van der Waals surface area (Å²) in [5, 5.41) is 6.95. The first-order valence-electron chi connectivity index (χ1n) is 7.33. The average molecular weight is 311 g/mol. The van der Waals surface area contributed by atoms with Crippen LogP contribution in [-0.4, -0.2) is 32.2 Å². The fraction of sp³-hybridized carbons (Fsp3) is 0.562. The van der Waals surface area contributed by atoms with Crippen molar-refractivity contribution in [1.82, 2.24) is 10.6 Å². The molecule has 1 saturated heterocycles. The molecule has 1 aliphatic heterocycles. The molecular formula is C16H23ClN2O2. The number of hydrogen-bond acceptors (Lipinski definition) is 3. The highest BCUT2D eigenvalue weighted by Gasteiger charge is 2.21. The molecule has 0 saturated carbocycles. The van der Waals surface area contributed by atoms with E-state index in [1.165, 1.54) is 0 Å². The Balaban J connectivity index is 1.77. The van der Waals surface area contributed by atoms with E-state index in [0.717, 1.165) is 25.2 Å². The molecule has 2 rings (SSSR count). The normalized spacial score (nSPS) is 18.7. The maximum atomic E-state index is 11.9. The zero-order valence-electron chi connectivity index (χ0n) is 12.6.